The average Bonchev–Trinajstić information content (AvgIpc) is 2.80. The molecule has 0 saturated carbocycles. The van der Waals surface area contributed by atoms with E-state index in [0.717, 1.165) is 43.1 Å². The van der Waals surface area contributed by atoms with E-state index in [1.165, 1.54) is 24.8 Å². The Labute approximate surface area is 143 Å². The molecule has 0 spiro atoms. The second-order valence-corrected chi connectivity index (χ2v) is 6.36. The van der Waals surface area contributed by atoms with Crippen LogP contribution in [-0.4, -0.2) is 27.3 Å². The Hall–Kier alpha value is -2.37. The van der Waals surface area contributed by atoms with Crippen molar-refractivity contribution in [3.8, 4) is 0 Å². The molecular weight excluding hydrogens is 300 g/mol. The maximum atomic E-state index is 5.94. The monoisotopic (exact) mass is 326 g/mol. The van der Waals surface area contributed by atoms with E-state index < -0.39 is 0 Å². The van der Waals surface area contributed by atoms with Crippen LogP contribution in [0.15, 0.2) is 29.3 Å². The van der Waals surface area contributed by atoms with Crippen LogP contribution in [0.3, 0.4) is 0 Å². The summed E-state index contributed by atoms with van der Waals surface area (Å²) in [4.78, 5) is 4.40. The Bertz CT molecular complexity index is 686. The van der Waals surface area contributed by atoms with Crippen LogP contribution in [0.1, 0.15) is 42.9 Å². The Morgan fingerprint density at radius 3 is 2.88 bits per heavy atom. The molecule has 0 fully saturated rings. The fourth-order valence-corrected chi connectivity index (χ4v) is 2.99. The molecule has 2 heterocycles. The molecule has 24 heavy (non-hydrogen) atoms. The van der Waals surface area contributed by atoms with Gasteiger partial charge >= 0.3 is 0 Å². The minimum Gasteiger partial charge on any atom is -0.370 e. The topological polar surface area (TPSA) is 81.1 Å². The van der Waals surface area contributed by atoms with Crippen LogP contribution in [0.4, 0.5) is 5.69 Å². The number of aryl methyl sites for hydroxylation is 3. The molecule has 1 aromatic carbocycles. The molecule has 3 N–H and O–H groups in total. The number of hydrogen-bond donors (Lipinski definition) is 2. The Kier molecular flexibility index (Phi) is 5.46. The van der Waals surface area contributed by atoms with Crippen molar-refractivity contribution in [3.05, 3.63) is 41.5 Å². The zero-order valence-electron chi connectivity index (χ0n) is 14.3. The van der Waals surface area contributed by atoms with Gasteiger partial charge in [-0.05, 0) is 38.3 Å². The molecule has 0 amide bonds. The van der Waals surface area contributed by atoms with Crippen molar-refractivity contribution in [1.82, 2.24) is 14.8 Å². The van der Waals surface area contributed by atoms with Gasteiger partial charge in [-0.2, -0.15) is 0 Å². The molecule has 2 aromatic rings. The van der Waals surface area contributed by atoms with Crippen molar-refractivity contribution in [1.29, 1.82) is 0 Å². The largest absolute Gasteiger partial charge is 0.370 e. The molecule has 0 atom stereocenters. The summed E-state index contributed by atoms with van der Waals surface area (Å²) in [6, 6.07) is 8.10. The van der Waals surface area contributed by atoms with E-state index in [1.54, 1.807) is 0 Å². The number of anilines is 1. The summed E-state index contributed by atoms with van der Waals surface area (Å²) in [5, 5.41) is 11.8. The number of nitrogens with one attached hydrogen (secondary N) is 1. The van der Waals surface area contributed by atoms with Gasteiger partial charge in [-0.15, -0.1) is 10.2 Å². The third-order valence-corrected chi connectivity index (χ3v) is 4.35. The molecule has 128 valence electrons. The predicted octanol–water partition coefficient (Wildman–Crippen LogP) is 2.67. The molecule has 6 heteroatoms. The van der Waals surface area contributed by atoms with Gasteiger partial charge in [0.2, 0.25) is 0 Å². The highest BCUT2D eigenvalue weighted by atomic mass is 15.3. The number of aliphatic imine (C=N–C) groups is 1. The minimum absolute atomic E-state index is 0.457. The van der Waals surface area contributed by atoms with Crippen molar-refractivity contribution in [3.63, 3.8) is 0 Å². The maximum absolute atomic E-state index is 5.94. The standard InChI is InChI=1S/C18H26N6/c1-14-8-10-15(11-9-14)21-18(19)20-12-5-7-17-23-22-16-6-3-2-4-13-24(16)17/h8-11H,2-7,12-13H2,1H3,(H3,19,20,21). The molecule has 1 aromatic heterocycles. The second kappa shape index (κ2) is 7.95. The quantitative estimate of drug-likeness (QED) is 0.503. The Morgan fingerprint density at radius 2 is 2.04 bits per heavy atom. The van der Waals surface area contributed by atoms with Crippen molar-refractivity contribution >= 4 is 11.6 Å². The van der Waals surface area contributed by atoms with E-state index in [2.05, 4.69) is 32.0 Å². The lowest BCUT2D eigenvalue weighted by molar-refractivity contribution is 0.598. The number of hydrogen-bond acceptors (Lipinski definition) is 3. The van der Waals surface area contributed by atoms with Crippen LogP contribution in [-0.2, 0) is 19.4 Å². The molecule has 0 bridgehead atoms. The summed E-state index contributed by atoms with van der Waals surface area (Å²) in [6.45, 7) is 3.80. The average molecular weight is 326 g/mol. The van der Waals surface area contributed by atoms with E-state index in [4.69, 9.17) is 5.73 Å². The van der Waals surface area contributed by atoms with Crippen molar-refractivity contribution < 1.29 is 0 Å². The molecule has 3 rings (SSSR count). The van der Waals surface area contributed by atoms with Crippen molar-refractivity contribution in [2.24, 2.45) is 10.7 Å². The van der Waals surface area contributed by atoms with Gasteiger partial charge in [0.05, 0.1) is 0 Å². The number of nitrogens with zero attached hydrogens (tertiary/aromatic N) is 4. The number of fused-ring (bicyclic) bond motifs is 1. The van der Waals surface area contributed by atoms with Crippen molar-refractivity contribution in [2.45, 2.75) is 52.0 Å². The molecule has 0 saturated heterocycles. The normalized spacial score (nSPS) is 15.0. The highest BCUT2D eigenvalue weighted by molar-refractivity contribution is 5.92. The van der Waals surface area contributed by atoms with E-state index in [9.17, 15) is 0 Å². The van der Waals surface area contributed by atoms with E-state index in [-0.39, 0.29) is 0 Å². The predicted molar refractivity (Wildman–Crippen MR) is 97.2 cm³/mol. The van der Waals surface area contributed by atoms with Gasteiger partial charge in [0, 0.05) is 31.6 Å². The van der Waals surface area contributed by atoms with Gasteiger partial charge in [-0.3, -0.25) is 4.99 Å². The second-order valence-electron chi connectivity index (χ2n) is 6.36. The van der Waals surface area contributed by atoms with Gasteiger partial charge in [-0.1, -0.05) is 24.1 Å². The lowest BCUT2D eigenvalue weighted by Gasteiger charge is -2.07. The van der Waals surface area contributed by atoms with Crippen LogP contribution in [0.25, 0.3) is 0 Å². The lowest BCUT2D eigenvalue weighted by atomic mass is 10.2. The lowest BCUT2D eigenvalue weighted by Crippen LogP contribution is -2.22. The Balaban J connectivity index is 1.48. The summed E-state index contributed by atoms with van der Waals surface area (Å²) in [5.41, 5.74) is 8.13. The summed E-state index contributed by atoms with van der Waals surface area (Å²) >= 11 is 0. The zero-order chi connectivity index (χ0) is 16.8. The van der Waals surface area contributed by atoms with Crippen LogP contribution < -0.4 is 11.1 Å². The third kappa shape index (κ3) is 4.34. The molecule has 1 aliphatic heterocycles. The smallest absolute Gasteiger partial charge is 0.193 e. The van der Waals surface area contributed by atoms with E-state index in [1.807, 2.05) is 24.3 Å². The molecule has 0 aliphatic carbocycles. The van der Waals surface area contributed by atoms with Crippen LogP contribution in [0, 0.1) is 6.92 Å². The first-order valence-corrected chi connectivity index (χ1v) is 8.77. The number of aromatic nitrogens is 3. The van der Waals surface area contributed by atoms with E-state index in [0.29, 0.717) is 12.5 Å². The summed E-state index contributed by atoms with van der Waals surface area (Å²) in [5.74, 6) is 2.69. The van der Waals surface area contributed by atoms with Gasteiger partial charge in [0.15, 0.2) is 5.96 Å². The highest BCUT2D eigenvalue weighted by Gasteiger charge is 2.13. The fourth-order valence-electron chi connectivity index (χ4n) is 2.99. The number of benzene rings is 1. The number of nitrogens with two attached hydrogens (primary N) is 1. The van der Waals surface area contributed by atoms with Gasteiger partial charge in [0.25, 0.3) is 0 Å². The molecule has 1 aliphatic rings. The first-order chi connectivity index (χ1) is 11.7. The van der Waals surface area contributed by atoms with Crippen LogP contribution in [0.2, 0.25) is 0 Å². The Morgan fingerprint density at radius 1 is 1.21 bits per heavy atom. The fraction of sp³-hybridized carbons (Fsp3) is 0.500. The SMILES string of the molecule is Cc1ccc(NC(N)=NCCCc2nnc3n2CCCCC3)cc1. The summed E-state index contributed by atoms with van der Waals surface area (Å²) < 4.78 is 2.30. The summed E-state index contributed by atoms with van der Waals surface area (Å²) in [7, 11) is 0. The van der Waals surface area contributed by atoms with Gasteiger partial charge < -0.3 is 15.6 Å². The van der Waals surface area contributed by atoms with Crippen LogP contribution in [0.5, 0.6) is 0 Å². The maximum Gasteiger partial charge on any atom is 0.193 e. The van der Waals surface area contributed by atoms with Gasteiger partial charge in [0.1, 0.15) is 11.6 Å². The first kappa shape index (κ1) is 16.5. The van der Waals surface area contributed by atoms with Gasteiger partial charge in [-0.25, -0.2) is 0 Å². The minimum atomic E-state index is 0.457. The highest BCUT2D eigenvalue weighted by Crippen LogP contribution is 2.15. The number of rotatable bonds is 5. The molecule has 6 nitrogen and oxygen atoms in total. The van der Waals surface area contributed by atoms with Crippen molar-refractivity contribution in [2.75, 3.05) is 11.9 Å². The summed E-state index contributed by atoms with van der Waals surface area (Å²) in [6.07, 6.45) is 6.61. The molecule has 0 unspecified atom stereocenters. The molecule has 0 radical (unpaired) electrons. The third-order valence-electron chi connectivity index (χ3n) is 4.35. The molecular formula is C18H26N6. The first-order valence-electron chi connectivity index (χ1n) is 8.77. The van der Waals surface area contributed by atoms with E-state index >= 15 is 0 Å². The zero-order valence-corrected chi connectivity index (χ0v) is 14.3. The number of guanidine groups is 1. The van der Waals surface area contributed by atoms with Crippen LogP contribution >= 0.6 is 0 Å².